The Labute approximate surface area is 121 Å². The van der Waals surface area contributed by atoms with Gasteiger partial charge in [0.1, 0.15) is 0 Å². The van der Waals surface area contributed by atoms with E-state index >= 15 is 0 Å². The van der Waals surface area contributed by atoms with E-state index in [1.54, 1.807) is 18.2 Å². The van der Waals surface area contributed by atoms with Crippen LogP contribution in [0.15, 0.2) is 24.3 Å². The maximum absolute atomic E-state index is 11.7. The lowest BCUT2D eigenvalue weighted by atomic mass is 10.2. The fourth-order valence-corrected chi connectivity index (χ4v) is 1.50. The van der Waals surface area contributed by atoms with Crippen LogP contribution in [0.5, 0.6) is 0 Å². The number of nitrogens with one attached hydrogen (secondary N) is 2. The highest BCUT2D eigenvalue weighted by Gasteiger charge is 2.13. The smallest absolute Gasteiger partial charge is 0.308 e. The summed E-state index contributed by atoms with van der Waals surface area (Å²) in [4.78, 5) is 33.7. The van der Waals surface area contributed by atoms with Gasteiger partial charge in [-0.2, -0.15) is 0 Å². The number of carbonyl (C=O) groups excluding carboxylic acids is 2. The number of amides is 2. The number of halogens is 1. The molecule has 1 unspecified atom stereocenters. The van der Waals surface area contributed by atoms with Gasteiger partial charge < -0.3 is 15.7 Å². The number of benzene rings is 1. The second-order valence-corrected chi connectivity index (χ2v) is 4.67. The predicted molar refractivity (Wildman–Crippen MR) is 73.6 cm³/mol. The average molecular weight is 299 g/mol. The van der Waals surface area contributed by atoms with Crippen LogP contribution in [0.4, 0.5) is 0 Å². The standard InChI is InChI=1S/C13H15ClN2O4/c1-8(13(19)20)6-15-11(17)7-16-12(18)9-3-2-4-10(14)5-9/h2-5,8H,6-7H2,1H3,(H,15,17)(H,16,18)(H,19,20). The van der Waals surface area contributed by atoms with Gasteiger partial charge >= 0.3 is 5.97 Å². The molecule has 0 spiro atoms. The van der Waals surface area contributed by atoms with Gasteiger partial charge in [0, 0.05) is 17.1 Å². The maximum Gasteiger partial charge on any atom is 0.308 e. The maximum atomic E-state index is 11.7. The molecule has 0 aliphatic rings. The normalized spacial score (nSPS) is 11.5. The SMILES string of the molecule is CC(CNC(=O)CNC(=O)c1cccc(Cl)c1)C(=O)O. The summed E-state index contributed by atoms with van der Waals surface area (Å²) in [7, 11) is 0. The molecule has 1 aromatic rings. The highest BCUT2D eigenvalue weighted by atomic mass is 35.5. The van der Waals surface area contributed by atoms with Crippen LogP contribution in [0.2, 0.25) is 5.02 Å². The van der Waals surface area contributed by atoms with E-state index in [1.165, 1.54) is 13.0 Å². The molecule has 0 fully saturated rings. The number of rotatable bonds is 6. The van der Waals surface area contributed by atoms with Crippen molar-refractivity contribution in [3.63, 3.8) is 0 Å². The number of hydrogen-bond acceptors (Lipinski definition) is 3. The molecule has 1 rings (SSSR count). The van der Waals surface area contributed by atoms with E-state index in [1.807, 2.05) is 0 Å². The largest absolute Gasteiger partial charge is 0.481 e. The van der Waals surface area contributed by atoms with Gasteiger partial charge in [0.15, 0.2) is 0 Å². The molecule has 20 heavy (non-hydrogen) atoms. The van der Waals surface area contributed by atoms with Crippen molar-refractivity contribution >= 4 is 29.4 Å². The highest BCUT2D eigenvalue weighted by molar-refractivity contribution is 6.30. The molecular weight excluding hydrogens is 284 g/mol. The van der Waals surface area contributed by atoms with E-state index in [0.717, 1.165) is 0 Å². The third-order valence-electron chi connectivity index (χ3n) is 2.52. The Bertz CT molecular complexity index is 519. The van der Waals surface area contributed by atoms with Crippen molar-refractivity contribution in [2.24, 2.45) is 5.92 Å². The fourth-order valence-electron chi connectivity index (χ4n) is 1.31. The number of aliphatic carboxylic acids is 1. The summed E-state index contributed by atoms with van der Waals surface area (Å²) in [6.07, 6.45) is 0. The summed E-state index contributed by atoms with van der Waals surface area (Å²) in [6.45, 7) is 1.27. The first kappa shape index (κ1) is 16.0. The second kappa shape index (κ2) is 7.49. The first-order valence-electron chi connectivity index (χ1n) is 5.93. The van der Waals surface area contributed by atoms with Gasteiger partial charge in [-0.1, -0.05) is 24.6 Å². The molecule has 1 aromatic carbocycles. The minimum absolute atomic E-state index is 0.0151. The van der Waals surface area contributed by atoms with Crippen molar-refractivity contribution in [2.75, 3.05) is 13.1 Å². The molecule has 0 saturated heterocycles. The Morgan fingerprint density at radius 2 is 2.00 bits per heavy atom. The summed E-state index contributed by atoms with van der Waals surface area (Å²) in [6, 6.07) is 6.33. The first-order valence-corrected chi connectivity index (χ1v) is 6.31. The van der Waals surface area contributed by atoms with Crippen LogP contribution in [0.1, 0.15) is 17.3 Å². The van der Waals surface area contributed by atoms with Gasteiger partial charge in [-0.05, 0) is 18.2 Å². The quantitative estimate of drug-likeness (QED) is 0.727. The van der Waals surface area contributed by atoms with Crippen molar-refractivity contribution in [1.29, 1.82) is 0 Å². The fraction of sp³-hybridized carbons (Fsp3) is 0.308. The zero-order valence-corrected chi connectivity index (χ0v) is 11.6. The third kappa shape index (κ3) is 5.27. The van der Waals surface area contributed by atoms with E-state index in [9.17, 15) is 14.4 Å². The number of hydrogen-bond donors (Lipinski definition) is 3. The Hall–Kier alpha value is -2.08. The summed E-state index contributed by atoms with van der Waals surface area (Å²) in [5.74, 6) is -2.54. The molecule has 0 aliphatic carbocycles. The minimum atomic E-state index is -0.992. The molecule has 0 bridgehead atoms. The summed E-state index contributed by atoms with van der Waals surface area (Å²) in [5.41, 5.74) is 0.351. The van der Waals surface area contributed by atoms with Gasteiger partial charge in [0.2, 0.25) is 5.91 Å². The van der Waals surface area contributed by atoms with E-state index in [4.69, 9.17) is 16.7 Å². The van der Waals surface area contributed by atoms with Crippen molar-refractivity contribution in [3.8, 4) is 0 Å². The van der Waals surface area contributed by atoms with Crippen LogP contribution < -0.4 is 10.6 Å². The molecule has 0 heterocycles. The van der Waals surface area contributed by atoms with Crippen LogP contribution in [-0.2, 0) is 9.59 Å². The minimum Gasteiger partial charge on any atom is -0.481 e. The van der Waals surface area contributed by atoms with Crippen LogP contribution in [-0.4, -0.2) is 36.0 Å². The molecule has 3 N–H and O–H groups in total. The van der Waals surface area contributed by atoms with Crippen molar-refractivity contribution in [2.45, 2.75) is 6.92 Å². The monoisotopic (exact) mass is 298 g/mol. The highest BCUT2D eigenvalue weighted by Crippen LogP contribution is 2.10. The van der Waals surface area contributed by atoms with Crippen molar-refractivity contribution < 1.29 is 19.5 Å². The molecule has 0 aliphatic heterocycles. The molecule has 0 saturated carbocycles. The molecule has 108 valence electrons. The van der Waals surface area contributed by atoms with Crippen LogP contribution >= 0.6 is 11.6 Å². The lowest BCUT2D eigenvalue weighted by molar-refractivity contribution is -0.141. The Morgan fingerprint density at radius 3 is 2.60 bits per heavy atom. The lowest BCUT2D eigenvalue weighted by Gasteiger charge is -2.09. The van der Waals surface area contributed by atoms with E-state index in [2.05, 4.69) is 10.6 Å². The molecule has 0 radical (unpaired) electrons. The van der Waals surface area contributed by atoms with Gasteiger partial charge in [-0.25, -0.2) is 0 Å². The third-order valence-corrected chi connectivity index (χ3v) is 2.76. The van der Waals surface area contributed by atoms with Gasteiger partial charge in [-0.3, -0.25) is 14.4 Å². The number of carboxylic acid groups (broad SMARTS) is 1. The molecular formula is C13H15ClN2O4. The Balaban J connectivity index is 2.37. The van der Waals surface area contributed by atoms with Crippen LogP contribution in [0.25, 0.3) is 0 Å². The molecule has 2 amide bonds. The summed E-state index contributed by atoms with van der Waals surface area (Å²) >= 11 is 5.75. The number of carbonyl (C=O) groups is 3. The molecule has 0 aromatic heterocycles. The topological polar surface area (TPSA) is 95.5 Å². The summed E-state index contributed by atoms with van der Waals surface area (Å²) in [5, 5.41) is 13.9. The number of carboxylic acids is 1. The van der Waals surface area contributed by atoms with Crippen molar-refractivity contribution in [3.05, 3.63) is 34.9 Å². The predicted octanol–water partition coefficient (Wildman–Crippen LogP) is 0.907. The molecule has 6 nitrogen and oxygen atoms in total. The van der Waals surface area contributed by atoms with Gasteiger partial charge in [0.25, 0.3) is 5.91 Å². The van der Waals surface area contributed by atoms with Gasteiger partial charge in [-0.15, -0.1) is 0 Å². The molecule has 1 atom stereocenters. The zero-order valence-electron chi connectivity index (χ0n) is 10.9. The Morgan fingerprint density at radius 1 is 1.30 bits per heavy atom. The zero-order chi connectivity index (χ0) is 15.1. The molecule has 7 heteroatoms. The van der Waals surface area contributed by atoms with E-state index < -0.39 is 23.7 Å². The lowest BCUT2D eigenvalue weighted by Crippen LogP contribution is -2.39. The van der Waals surface area contributed by atoms with E-state index in [-0.39, 0.29) is 13.1 Å². The first-order chi connectivity index (χ1) is 9.40. The average Bonchev–Trinajstić information content (AvgIpc) is 2.41. The Kier molecular flexibility index (Phi) is 5.99. The van der Waals surface area contributed by atoms with Crippen LogP contribution in [0.3, 0.4) is 0 Å². The van der Waals surface area contributed by atoms with Crippen LogP contribution in [0, 0.1) is 5.92 Å². The van der Waals surface area contributed by atoms with E-state index in [0.29, 0.717) is 10.6 Å². The van der Waals surface area contributed by atoms with Gasteiger partial charge in [0.05, 0.1) is 12.5 Å². The second-order valence-electron chi connectivity index (χ2n) is 4.24. The summed E-state index contributed by atoms with van der Waals surface area (Å²) < 4.78 is 0. The van der Waals surface area contributed by atoms with Crippen molar-refractivity contribution in [1.82, 2.24) is 10.6 Å².